The highest BCUT2D eigenvalue weighted by Gasteiger charge is 2.51. The number of hydrogen-bond donors (Lipinski definition) is 0. The van der Waals surface area contributed by atoms with E-state index >= 15 is 0 Å². The van der Waals surface area contributed by atoms with Crippen LogP contribution in [-0.4, -0.2) is 13.1 Å². The molecule has 0 aliphatic heterocycles. The first-order valence-corrected chi connectivity index (χ1v) is 14.2. The first-order valence-electron chi connectivity index (χ1n) is 5.50. The molecule has 0 atom stereocenters. The Morgan fingerprint density at radius 3 is 1.14 bits per heavy atom. The highest BCUT2D eigenvalue weighted by atomic mass is 35.8. The molecule has 0 radical (unpaired) electrons. The molecule has 5 heteroatoms. The molecule has 0 aromatic rings. The van der Waals surface area contributed by atoms with Crippen LogP contribution in [0.2, 0.25) is 18.1 Å². The molecule has 0 unspecified atom stereocenters. The number of halogens is 3. The predicted octanol–water partition coefficient (Wildman–Crippen LogP) is 5.40. The van der Waals surface area contributed by atoms with Crippen LogP contribution < -0.4 is 0 Å². The number of rotatable bonds is 7. The molecule has 0 saturated heterocycles. The molecule has 0 bridgehead atoms. The van der Waals surface area contributed by atoms with Gasteiger partial charge in [-0.2, -0.15) is 0 Å². The zero-order chi connectivity index (χ0) is 11.2. The first-order chi connectivity index (χ1) is 6.43. The van der Waals surface area contributed by atoms with Crippen LogP contribution in [0.15, 0.2) is 0 Å². The summed E-state index contributed by atoms with van der Waals surface area (Å²) in [6.07, 6.45) is 3.52. The van der Waals surface area contributed by atoms with Gasteiger partial charge in [-0.15, -0.1) is 33.2 Å². The average Bonchev–Trinajstić information content (AvgIpc) is 2.03. The van der Waals surface area contributed by atoms with Crippen molar-refractivity contribution in [3.05, 3.63) is 0 Å². The summed E-state index contributed by atoms with van der Waals surface area (Å²) in [5.41, 5.74) is -2.44. The summed E-state index contributed by atoms with van der Waals surface area (Å²) < 4.78 is 0. The lowest BCUT2D eigenvalue weighted by atomic mass is 10.6. The maximum Gasteiger partial charge on any atom is 0.324 e. The molecule has 0 N–H and O–H groups in total. The number of hydrogen-bond acceptors (Lipinski definition) is 0. The summed E-state index contributed by atoms with van der Waals surface area (Å²) in [4.78, 5) is 0. The second kappa shape index (κ2) is 6.79. The van der Waals surface area contributed by atoms with Crippen molar-refractivity contribution in [2.75, 3.05) is 0 Å². The Morgan fingerprint density at radius 2 is 1.00 bits per heavy atom. The summed E-state index contributed by atoms with van der Waals surface area (Å²) in [5.74, 6) is 0. The molecular weight excluding hydrogens is 271 g/mol. The van der Waals surface area contributed by atoms with Gasteiger partial charge >= 0.3 is 5.52 Å². The monoisotopic (exact) mass is 290 g/mol. The van der Waals surface area contributed by atoms with E-state index in [1.165, 1.54) is 37.4 Å². The summed E-state index contributed by atoms with van der Waals surface area (Å²) >= 11 is 19.0. The third-order valence-corrected chi connectivity index (χ3v) is 25.0. The molecule has 0 aliphatic carbocycles. The Morgan fingerprint density at radius 1 is 0.714 bits per heavy atom. The highest BCUT2D eigenvalue weighted by molar-refractivity contribution is 7.89. The summed E-state index contributed by atoms with van der Waals surface area (Å²) in [5, 5.41) is 0. The van der Waals surface area contributed by atoms with Crippen LogP contribution in [0.5, 0.6) is 0 Å². The van der Waals surface area contributed by atoms with Crippen molar-refractivity contribution in [1.82, 2.24) is 0 Å². The average molecular weight is 292 g/mol. The second-order valence-corrected chi connectivity index (χ2v) is 24.2. The van der Waals surface area contributed by atoms with Crippen LogP contribution in [-0.2, 0) is 0 Å². The summed E-state index contributed by atoms with van der Waals surface area (Å²) in [6.45, 7) is 6.62. The van der Waals surface area contributed by atoms with Crippen LogP contribution in [0.1, 0.15) is 40.0 Å². The van der Waals surface area contributed by atoms with E-state index in [9.17, 15) is 0 Å². The Hall–Kier alpha value is 1.30. The van der Waals surface area contributed by atoms with Crippen LogP contribution in [0.25, 0.3) is 0 Å². The summed E-state index contributed by atoms with van der Waals surface area (Å²) in [6, 6.07) is 3.62. The van der Waals surface area contributed by atoms with E-state index in [4.69, 9.17) is 33.2 Å². The molecule has 0 heterocycles. The minimum absolute atomic E-state index is 1.17. The maximum absolute atomic E-state index is 6.32. The summed E-state index contributed by atoms with van der Waals surface area (Å²) in [7, 11) is -1.56. The van der Waals surface area contributed by atoms with Gasteiger partial charge in [-0.25, -0.2) is 0 Å². The quantitative estimate of drug-likeness (QED) is 0.435. The van der Waals surface area contributed by atoms with Gasteiger partial charge in [0.15, 0.2) is 0 Å². The topological polar surface area (TPSA) is 0 Å². The van der Waals surface area contributed by atoms with Gasteiger partial charge in [-0.05, 0) is 0 Å². The van der Waals surface area contributed by atoms with E-state index < -0.39 is 13.1 Å². The van der Waals surface area contributed by atoms with Gasteiger partial charge in [-0.1, -0.05) is 58.2 Å². The van der Waals surface area contributed by atoms with Crippen LogP contribution in [0, 0.1) is 0 Å². The molecular formula is C9H21Cl3Si2. The zero-order valence-corrected chi connectivity index (χ0v) is 13.6. The molecule has 14 heavy (non-hydrogen) atoms. The van der Waals surface area contributed by atoms with Gasteiger partial charge in [0.2, 0.25) is 0 Å². The van der Waals surface area contributed by atoms with Gasteiger partial charge in [0.05, 0.1) is 0 Å². The van der Waals surface area contributed by atoms with E-state index in [0.717, 1.165) is 0 Å². The van der Waals surface area contributed by atoms with Gasteiger partial charge < -0.3 is 0 Å². The fourth-order valence-electron chi connectivity index (χ4n) is 2.24. The lowest BCUT2D eigenvalue weighted by Crippen LogP contribution is -2.52. The molecule has 86 valence electrons. The van der Waals surface area contributed by atoms with Crippen molar-refractivity contribution >= 4 is 46.3 Å². The van der Waals surface area contributed by atoms with Crippen molar-refractivity contribution in [2.45, 2.75) is 58.2 Å². The fraction of sp³-hybridized carbons (Fsp3) is 1.00. The molecule has 0 aromatic heterocycles. The van der Waals surface area contributed by atoms with Crippen LogP contribution in [0.3, 0.4) is 0 Å². The molecule has 0 saturated carbocycles. The molecule has 0 spiro atoms. The van der Waals surface area contributed by atoms with E-state index in [0.29, 0.717) is 0 Å². The lowest BCUT2D eigenvalue weighted by molar-refractivity contribution is 0.946. The smallest absolute Gasteiger partial charge is 0.130 e. The molecule has 0 amide bonds. The van der Waals surface area contributed by atoms with Crippen molar-refractivity contribution in [2.24, 2.45) is 0 Å². The van der Waals surface area contributed by atoms with Gasteiger partial charge in [0, 0.05) is 0 Å². The predicted molar refractivity (Wildman–Crippen MR) is 74.4 cm³/mol. The SMILES string of the molecule is CCC[Si](CCC)(CCC)[Si](Cl)(Cl)Cl. The van der Waals surface area contributed by atoms with Crippen molar-refractivity contribution in [3.8, 4) is 0 Å². The third-order valence-electron chi connectivity index (χ3n) is 2.79. The second-order valence-electron chi connectivity index (χ2n) is 4.03. The third kappa shape index (κ3) is 4.05. The molecule has 0 rings (SSSR count). The van der Waals surface area contributed by atoms with Crippen LogP contribution in [0.4, 0.5) is 0 Å². The Balaban J connectivity index is 4.73. The van der Waals surface area contributed by atoms with E-state index in [1.54, 1.807) is 0 Å². The molecule has 0 nitrogen and oxygen atoms in total. The van der Waals surface area contributed by atoms with E-state index in [-0.39, 0.29) is 0 Å². The molecule has 0 aromatic carbocycles. The fourth-order valence-corrected chi connectivity index (χ4v) is 19.2. The normalized spacial score (nSPS) is 13.3. The standard InChI is InChI=1S/C9H21Cl3Si2/c1-4-7-13(8-5-2,9-6-3)14(10,11)12/h4-9H2,1-3H3. The maximum atomic E-state index is 6.32. The van der Waals surface area contributed by atoms with E-state index in [1.807, 2.05) is 0 Å². The lowest BCUT2D eigenvalue weighted by Gasteiger charge is -2.35. The van der Waals surface area contributed by atoms with Crippen molar-refractivity contribution in [1.29, 1.82) is 0 Å². The van der Waals surface area contributed by atoms with Crippen LogP contribution >= 0.6 is 33.2 Å². The van der Waals surface area contributed by atoms with Crippen molar-refractivity contribution in [3.63, 3.8) is 0 Å². The van der Waals surface area contributed by atoms with Gasteiger partial charge in [0.25, 0.3) is 0 Å². The van der Waals surface area contributed by atoms with Crippen molar-refractivity contribution < 1.29 is 0 Å². The van der Waals surface area contributed by atoms with Gasteiger partial charge in [-0.3, -0.25) is 0 Å². The molecule has 0 fully saturated rings. The zero-order valence-electron chi connectivity index (χ0n) is 9.38. The Kier molecular flexibility index (Phi) is 7.43. The Bertz CT molecular complexity index is 140. The minimum Gasteiger partial charge on any atom is -0.130 e. The Labute approximate surface area is 104 Å². The highest BCUT2D eigenvalue weighted by Crippen LogP contribution is 2.41. The van der Waals surface area contributed by atoms with E-state index in [2.05, 4.69) is 20.8 Å². The first kappa shape index (κ1) is 15.3. The van der Waals surface area contributed by atoms with Gasteiger partial charge in [0.1, 0.15) is 7.59 Å². The largest absolute Gasteiger partial charge is 0.324 e. The minimum atomic E-state index is -2.44. The molecule has 0 aliphatic rings.